The van der Waals surface area contributed by atoms with Crippen molar-refractivity contribution in [2.45, 2.75) is 37.0 Å². The second kappa shape index (κ2) is 2.79. The first-order chi connectivity index (χ1) is 4.62. The van der Waals surface area contributed by atoms with E-state index in [-0.39, 0.29) is 10.8 Å². The predicted octanol–water partition coefficient (Wildman–Crippen LogP) is 1.41. The monoisotopic (exact) mass is 161 g/mol. The fourth-order valence-corrected chi connectivity index (χ4v) is 1.90. The van der Waals surface area contributed by atoms with Crippen molar-refractivity contribution < 1.29 is 4.79 Å². The summed E-state index contributed by atoms with van der Waals surface area (Å²) in [6.07, 6.45) is 4.50. The van der Waals surface area contributed by atoms with Gasteiger partial charge in [-0.1, -0.05) is 12.8 Å². The van der Waals surface area contributed by atoms with Gasteiger partial charge in [-0.3, -0.25) is 4.79 Å². The molecular weight excluding hydrogens is 150 g/mol. The van der Waals surface area contributed by atoms with Gasteiger partial charge in [0, 0.05) is 6.42 Å². The van der Waals surface area contributed by atoms with Gasteiger partial charge in [-0.2, -0.15) is 0 Å². The highest BCUT2D eigenvalue weighted by atomic mass is 35.5. The second-order valence-corrected chi connectivity index (χ2v) is 3.80. The second-order valence-electron chi connectivity index (χ2n) is 3.00. The normalized spacial score (nSPS) is 22.9. The third-order valence-electron chi connectivity index (χ3n) is 1.99. The first kappa shape index (κ1) is 7.86. The fourth-order valence-electron chi connectivity index (χ4n) is 1.50. The average Bonchev–Trinajstić information content (AvgIpc) is 2.12. The van der Waals surface area contributed by atoms with Crippen LogP contribution in [-0.2, 0) is 4.79 Å². The molecule has 0 unspecified atom stereocenters. The molecule has 0 bridgehead atoms. The van der Waals surface area contributed by atoms with E-state index in [1.807, 2.05) is 0 Å². The van der Waals surface area contributed by atoms with E-state index in [2.05, 4.69) is 0 Å². The summed E-state index contributed by atoms with van der Waals surface area (Å²) in [5.41, 5.74) is 5.03. The Morgan fingerprint density at radius 2 is 2.00 bits per heavy atom. The van der Waals surface area contributed by atoms with E-state index in [0.29, 0.717) is 6.42 Å². The summed E-state index contributed by atoms with van der Waals surface area (Å²) in [5, 5.41) is 0. The molecule has 2 nitrogen and oxygen atoms in total. The molecule has 0 heterocycles. The predicted molar refractivity (Wildman–Crippen MR) is 40.9 cm³/mol. The van der Waals surface area contributed by atoms with E-state index < -0.39 is 0 Å². The maximum Gasteiger partial charge on any atom is 0.219 e. The van der Waals surface area contributed by atoms with Gasteiger partial charge in [0.2, 0.25) is 5.91 Å². The van der Waals surface area contributed by atoms with Crippen LogP contribution in [0.2, 0.25) is 0 Å². The topological polar surface area (TPSA) is 43.1 Å². The van der Waals surface area contributed by atoms with Crippen molar-refractivity contribution in [3.8, 4) is 0 Å². The van der Waals surface area contributed by atoms with Crippen LogP contribution in [0, 0.1) is 0 Å². The Hall–Kier alpha value is -0.240. The largest absolute Gasteiger partial charge is 0.370 e. The number of carbonyl (C=O) groups is 1. The lowest BCUT2D eigenvalue weighted by Crippen LogP contribution is -2.25. The molecule has 2 N–H and O–H groups in total. The standard InChI is InChI=1S/C7H12ClNO/c8-7(5-6(9)10)3-1-2-4-7/h1-5H2,(H2,9,10). The Kier molecular flexibility index (Phi) is 2.19. The van der Waals surface area contributed by atoms with Gasteiger partial charge in [-0.15, -0.1) is 11.6 Å². The molecule has 3 heteroatoms. The van der Waals surface area contributed by atoms with E-state index in [0.717, 1.165) is 25.7 Å². The molecule has 1 aliphatic rings. The SMILES string of the molecule is NC(=O)CC1(Cl)CCCC1. The van der Waals surface area contributed by atoms with E-state index >= 15 is 0 Å². The van der Waals surface area contributed by atoms with Crippen molar-refractivity contribution in [1.82, 2.24) is 0 Å². The van der Waals surface area contributed by atoms with Gasteiger partial charge in [0.25, 0.3) is 0 Å². The lowest BCUT2D eigenvalue weighted by atomic mass is 10.0. The van der Waals surface area contributed by atoms with E-state index in [1.54, 1.807) is 0 Å². The minimum absolute atomic E-state index is 0.281. The number of hydrogen-bond donors (Lipinski definition) is 1. The Balaban J connectivity index is 2.43. The van der Waals surface area contributed by atoms with Gasteiger partial charge in [0.1, 0.15) is 0 Å². The number of rotatable bonds is 2. The van der Waals surface area contributed by atoms with Crippen molar-refractivity contribution in [2.24, 2.45) is 5.73 Å². The molecule has 1 rings (SSSR count). The molecule has 0 aromatic carbocycles. The zero-order chi connectivity index (χ0) is 7.61. The average molecular weight is 162 g/mol. The number of hydrogen-bond acceptors (Lipinski definition) is 1. The molecule has 0 aromatic rings. The maximum absolute atomic E-state index is 10.5. The van der Waals surface area contributed by atoms with Crippen LogP contribution in [-0.4, -0.2) is 10.8 Å². The zero-order valence-corrected chi connectivity index (χ0v) is 6.66. The van der Waals surface area contributed by atoms with Crippen LogP contribution in [0.1, 0.15) is 32.1 Å². The molecule has 0 atom stereocenters. The molecule has 1 fully saturated rings. The van der Waals surface area contributed by atoms with Gasteiger partial charge in [-0.25, -0.2) is 0 Å². The van der Waals surface area contributed by atoms with E-state index in [1.165, 1.54) is 0 Å². The number of nitrogens with two attached hydrogens (primary N) is 1. The summed E-state index contributed by atoms with van der Waals surface area (Å²) >= 11 is 6.06. The van der Waals surface area contributed by atoms with Crippen molar-refractivity contribution in [3.63, 3.8) is 0 Å². The summed E-state index contributed by atoms with van der Waals surface area (Å²) < 4.78 is 0. The van der Waals surface area contributed by atoms with E-state index in [9.17, 15) is 4.79 Å². The number of alkyl halides is 1. The molecule has 0 aromatic heterocycles. The van der Waals surface area contributed by atoms with Crippen LogP contribution in [0.5, 0.6) is 0 Å². The van der Waals surface area contributed by atoms with Gasteiger partial charge >= 0.3 is 0 Å². The van der Waals surface area contributed by atoms with Gasteiger partial charge in [0.05, 0.1) is 4.87 Å². The summed E-state index contributed by atoms with van der Waals surface area (Å²) in [4.78, 5) is 10.2. The summed E-state index contributed by atoms with van der Waals surface area (Å²) in [7, 11) is 0. The molecule has 0 spiro atoms. The number of carbonyl (C=O) groups excluding carboxylic acids is 1. The van der Waals surface area contributed by atoms with Gasteiger partial charge in [-0.05, 0) is 12.8 Å². The highest BCUT2D eigenvalue weighted by Crippen LogP contribution is 2.38. The maximum atomic E-state index is 10.5. The van der Waals surface area contributed by atoms with Crippen LogP contribution in [0.3, 0.4) is 0 Å². The van der Waals surface area contributed by atoms with Crippen LogP contribution >= 0.6 is 11.6 Å². The first-order valence-corrected chi connectivity index (χ1v) is 3.97. The lowest BCUT2D eigenvalue weighted by Gasteiger charge is -2.17. The molecule has 10 heavy (non-hydrogen) atoms. The molecule has 58 valence electrons. The van der Waals surface area contributed by atoms with Crippen molar-refractivity contribution in [1.29, 1.82) is 0 Å². The highest BCUT2D eigenvalue weighted by molar-refractivity contribution is 6.25. The molecule has 0 saturated heterocycles. The summed E-state index contributed by atoms with van der Waals surface area (Å²) in [5.74, 6) is -0.281. The third kappa shape index (κ3) is 1.87. The van der Waals surface area contributed by atoms with Crippen molar-refractivity contribution >= 4 is 17.5 Å². The van der Waals surface area contributed by atoms with Crippen LogP contribution in [0.15, 0.2) is 0 Å². The lowest BCUT2D eigenvalue weighted by molar-refractivity contribution is -0.118. The molecule has 1 saturated carbocycles. The van der Waals surface area contributed by atoms with Crippen molar-refractivity contribution in [2.75, 3.05) is 0 Å². The van der Waals surface area contributed by atoms with Crippen LogP contribution in [0.4, 0.5) is 0 Å². The van der Waals surface area contributed by atoms with E-state index in [4.69, 9.17) is 17.3 Å². The minimum Gasteiger partial charge on any atom is -0.370 e. The first-order valence-electron chi connectivity index (χ1n) is 3.60. The highest BCUT2D eigenvalue weighted by Gasteiger charge is 2.32. The van der Waals surface area contributed by atoms with Gasteiger partial charge in [0.15, 0.2) is 0 Å². The minimum atomic E-state index is -0.286. The molecule has 1 aliphatic carbocycles. The Morgan fingerprint density at radius 3 is 2.40 bits per heavy atom. The Bertz CT molecular complexity index is 141. The summed E-state index contributed by atoms with van der Waals surface area (Å²) in [6.45, 7) is 0. The Labute approximate surface area is 65.7 Å². The zero-order valence-electron chi connectivity index (χ0n) is 5.90. The third-order valence-corrected chi connectivity index (χ3v) is 2.50. The van der Waals surface area contributed by atoms with Crippen molar-refractivity contribution in [3.05, 3.63) is 0 Å². The summed E-state index contributed by atoms with van der Waals surface area (Å²) in [6, 6.07) is 0. The number of amides is 1. The smallest absolute Gasteiger partial charge is 0.219 e. The van der Waals surface area contributed by atoms with Crippen LogP contribution in [0.25, 0.3) is 0 Å². The van der Waals surface area contributed by atoms with Crippen LogP contribution < -0.4 is 5.73 Å². The number of halogens is 1. The Morgan fingerprint density at radius 1 is 1.50 bits per heavy atom. The molecule has 0 aliphatic heterocycles. The molecular formula is C7H12ClNO. The quantitative estimate of drug-likeness (QED) is 0.612. The number of primary amides is 1. The molecule has 1 amide bonds. The van der Waals surface area contributed by atoms with Gasteiger partial charge < -0.3 is 5.73 Å². The fraction of sp³-hybridized carbons (Fsp3) is 0.857. The molecule has 0 radical (unpaired) electrons.